The van der Waals surface area contributed by atoms with Crippen molar-refractivity contribution in [1.29, 1.82) is 0 Å². The van der Waals surface area contributed by atoms with E-state index in [2.05, 4.69) is 15.7 Å². The van der Waals surface area contributed by atoms with Crippen molar-refractivity contribution in [2.45, 2.75) is 70.1 Å². The molecule has 1 aliphatic heterocycles. The number of fused-ring (bicyclic) bond motifs is 1. The quantitative estimate of drug-likeness (QED) is 0.390. The Balaban J connectivity index is 1.47. The van der Waals surface area contributed by atoms with Crippen LogP contribution in [0.2, 0.25) is 0 Å². The summed E-state index contributed by atoms with van der Waals surface area (Å²) >= 11 is 0. The topological polar surface area (TPSA) is 137 Å². The second-order valence-electron chi connectivity index (χ2n) is 9.38. The molecular formula is C24H31N5O5. The van der Waals surface area contributed by atoms with Crippen LogP contribution < -0.4 is 10.6 Å². The van der Waals surface area contributed by atoms with Crippen molar-refractivity contribution < 1.29 is 24.6 Å². The Labute approximate surface area is 197 Å². The maximum atomic E-state index is 13.3. The van der Waals surface area contributed by atoms with E-state index in [4.69, 9.17) is 0 Å². The van der Waals surface area contributed by atoms with Crippen molar-refractivity contribution in [3.8, 4) is 11.5 Å². The Hall–Kier alpha value is -3.56. The lowest BCUT2D eigenvalue weighted by Crippen LogP contribution is -2.63. The average Bonchev–Trinajstić information content (AvgIpc) is 3.06. The lowest BCUT2D eigenvalue weighted by Gasteiger charge is -2.41. The van der Waals surface area contributed by atoms with Crippen molar-refractivity contribution >= 4 is 17.7 Å². The third-order valence-electron chi connectivity index (χ3n) is 6.91. The molecule has 2 aromatic rings. The van der Waals surface area contributed by atoms with Gasteiger partial charge in [0, 0.05) is 25.7 Å². The van der Waals surface area contributed by atoms with Crippen molar-refractivity contribution in [2.75, 3.05) is 7.05 Å². The number of hydrogen-bond acceptors (Lipinski definition) is 6. The summed E-state index contributed by atoms with van der Waals surface area (Å²) in [5.74, 6) is -1.60. The minimum atomic E-state index is -1.13. The molecule has 34 heavy (non-hydrogen) atoms. The summed E-state index contributed by atoms with van der Waals surface area (Å²) in [7, 11) is 1.60. The van der Waals surface area contributed by atoms with Gasteiger partial charge in [-0.25, -0.2) is 0 Å². The molecule has 3 amide bonds. The largest absolute Gasteiger partial charge is 0.504 e. The van der Waals surface area contributed by atoms with Gasteiger partial charge < -0.3 is 25.7 Å². The minimum Gasteiger partial charge on any atom is -0.504 e. The number of amides is 3. The lowest BCUT2D eigenvalue weighted by atomic mass is 9.95. The molecule has 10 heteroatoms. The van der Waals surface area contributed by atoms with Gasteiger partial charge in [0.25, 0.3) is 11.8 Å². The second-order valence-corrected chi connectivity index (χ2v) is 9.38. The van der Waals surface area contributed by atoms with E-state index in [1.165, 1.54) is 40.6 Å². The van der Waals surface area contributed by atoms with Crippen molar-refractivity contribution in [2.24, 2.45) is 0 Å². The first-order chi connectivity index (χ1) is 16.2. The first-order valence-electron chi connectivity index (χ1n) is 11.6. The predicted octanol–water partition coefficient (Wildman–Crippen LogP) is 1.91. The fraction of sp³-hybridized carbons (Fsp3) is 0.500. The van der Waals surface area contributed by atoms with Gasteiger partial charge in [-0.2, -0.15) is 5.10 Å². The van der Waals surface area contributed by atoms with Gasteiger partial charge >= 0.3 is 0 Å². The van der Waals surface area contributed by atoms with Crippen LogP contribution in [0.4, 0.5) is 0 Å². The average molecular weight is 470 g/mol. The van der Waals surface area contributed by atoms with Gasteiger partial charge in [-0.05, 0) is 37.5 Å². The van der Waals surface area contributed by atoms with Gasteiger partial charge in [0.15, 0.2) is 17.2 Å². The molecule has 10 nitrogen and oxygen atoms in total. The van der Waals surface area contributed by atoms with E-state index in [1.54, 1.807) is 20.0 Å². The summed E-state index contributed by atoms with van der Waals surface area (Å²) in [5, 5.41) is 29.1. The maximum absolute atomic E-state index is 13.3. The molecule has 0 spiro atoms. The second kappa shape index (κ2) is 9.36. The van der Waals surface area contributed by atoms with Crippen LogP contribution in [0, 0.1) is 0 Å². The molecule has 2 heterocycles. The molecule has 182 valence electrons. The van der Waals surface area contributed by atoms with Crippen LogP contribution >= 0.6 is 0 Å². The Morgan fingerprint density at radius 3 is 2.50 bits per heavy atom. The first kappa shape index (κ1) is 23.6. The number of likely N-dealkylation sites (N-methyl/N-ethyl adjacent to an activating group) is 1. The fourth-order valence-electron chi connectivity index (χ4n) is 4.55. The highest BCUT2D eigenvalue weighted by molar-refractivity contribution is 6.01. The Kier molecular flexibility index (Phi) is 6.49. The van der Waals surface area contributed by atoms with Crippen LogP contribution in [-0.4, -0.2) is 61.2 Å². The number of aromatic hydroxyl groups is 2. The molecule has 1 aliphatic carbocycles. The van der Waals surface area contributed by atoms with E-state index in [1.807, 2.05) is 0 Å². The number of carbonyl (C=O) groups excluding carboxylic acids is 3. The van der Waals surface area contributed by atoms with Gasteiger partial charge in [-0.3, -0.25) is 19.1 Å². The Morgan fingerprint density at radius 2 is 1.82 bits per heavy atom. The molecule has 1 aromatic heterocycles. The van der Waals surface area contributed by atoms with Crippen molar-refractivity contribution in [3.05, 3.63) is 41.2 Å². The molecule has 1 saturated carbocycles. The van der Waals surface area contributed by atoms with Gasteiger partial charge in [0.1, 0.15) is 11.2 Å². The zero-order valence-electron chi connectivity index (χ0n) is 19.5. The molecule has 1 fully saturated rings. The third kappa shape index (κ3) is 4.57. The zero-order chi connectivity index (χ0) is 24.5. The van der Waals surface area contributed by atoms with Crippen molar-refractivity contribution in [3.63, 3.8) is 0 Å². The van der Waals surface area contributed by atoms with Crippen LogP contribution in [0.25, 0.3) is 0 Å². The van der Waals surface area contributed by atoms with E-state index in [9.17, 15) is 24.6 Å². The summed E-state index contributed by atoms with van der Waals surface area (Å²) < 4.78 is 1.43. The van der Waals surface area contributed by atoms with Gasteiger partial charge in [0.2, 0.25) is 5.91 Å². The number of nitrogens with one attached hydrogen (secondary N) is 2. The van der Waals surface area contributed by atoms with Crippen LogP contribution in [0.1, 0.15) is 72.0 Å². The van der Waals surface area contributed by atoms with Crippen LogP contribution in [0.15, 0.2) is 24.3 Å². The van der Waals surface area contributed by atoms with Gasteiger partial charge in [-0.1, -0.05) is 31.7 Å². The SMILES string of the molecule is CN1C(=O)c2cc(C(=O)NCc3ccc(O)c(O)c3)nn2CC1(C)C(=O)NC1CCCCCC1. The van der Waals surface area contributed by atoms with E-state index >= 15 is 0 Å². The molecule has 0 bridgehead atoms. The highest BCUT2D eigenvalue weighted by atomic mass is 16.3. The molecule has 1 unspecified atom stereocenters. The van der Waals surface area contributed by atoms with Crippen LogP contribution in [-0.2, 0) is 17.9 Å². The molecule has 2 aliphatic rings. The molecule has 4 rings (SSSR count). The number of aromatic nitrogens is 2. The molecule has 0 radical (unpaired) electrons. The smallest absolute Gasteiger partial charge is 0.272 e. The number of carbonyl (C=O) groups is 3. The summed E-state index contributed by atoms with van der Waals surface area (Å²) in [6, 6.07) is 5.79. The number of nitrogens with zero attached hydrogens (tertiary/aromatic N) is 3. The van der Waals surface area contributed by atoms with Crippen LogP contribution in [0.5, 0.6) is 11.5 Å². The molecular weight excluding hydrogens is 438 g/mol. The van der Waals surface area contributed by atoms with Gasteiger partial charge in [-0.15, -0.1) is 0 Å². The number of benzene rings is 1. The van der Waals surface area contributed by atoms with E-state index < -0.39 is 11.4 Å². The van der Waals surface area contributed by atoms with E-state index in [0.29, 0.717) is 5.56 Å². The summed E-state index contributed by atoms with van der Waals surface area (Å²) in [5.41, 5.74) is -0.228. The third-order valence-corrected chi connectivity index (χ3v) is 6.91. The normalized spacial score (nSPS) is 21.0. The molecule has 0 saturated heterocycles. The summed E-state index contributed by atoms with van der Waals surface area (Å²) in [6.07, 6.45) is 6.41. The number of rotatable bonds is 5. The zero-order valence-corrected chi connectivity index (χ0v) is 19.5. The first-order valence-corrected chi connectivity index (χ1v) is 11.6. The van der Waals surface area contributed by atoms with Gasteiger partial charge in [0.05, 0.1) is 6.54 Å². The molecule has 1 aromatic carbocycles. The predicted molar refractivity (Wildman–Crippen MR) is 123 cm³/mol. The highest BCUT2D eigenvalue weighted by Crippen LogP contribution is 2.28. The fourth-order valence-corrected chi connectivity index (χ4v) is 4.55. The molecule has 4 N–H and O–H groups in total. The summed E-state index contributed by atoms with van der Waals surface area (Å²) in [6.45, 7) is 1.96. The lowest BCUT2D eigenvalue weighted by molar-refractivity contribution is -0.133. The minimum absolute atomic E-state index is 0.0631. The molecule has 1 atom stereocenters. The standard InChI is InChI=1S/C24H31N5O5/c1-24(23(34)26-16-7-5-3-4-6-8-16)14-29-18(22(33)28(24)2)12-17(27-29)21(32)25-13-15-9-10-19(30)20(31)11-15/h9-12,16,30-31H,3-8,13-14H2,1-2H3,(H,25,32)(H,26,34). The van der Waals surface area contributed by atoms with Crippen molar-refractivity contribution in [1.82, 2.24) is 25.3 Å². The number of phenolic OH excluding ortho intramolecular Hbond substituents is 2. The Bertz CT molecular complexity index is 1110. The number of hydrogen-bond donors (Lipinski definition) is 4. The van der Waals surface area contributed by atoms with E-state index in [0.717, 1.165) is 25.7 Å². The Morgan fingerprint density at radius 1 is 1.12 bits per heavy atom. The van der Waals surface area contributed by atoms with Crippen LogP contribution in [0.3, 0.4) is 0 Å². The maximum Gasteiger partial charge on any atom is 0.272 e. The monoisotopic (exact) mass is 469 g/mol. The number of phenols is 2. The highest BCUT2D eigenvalue weighted by Gasteiger charge is 2.46. The summed E-state index contributed by atoms with van der Waals surface area (Å²) in [4.78, 5) is 40.4. The van der Waals surface area contributed by atoms with E-state index in [-0.39, 0.29) is 53.8 Å².